The van der Waals surface area contributed by atoms with E-state index in [1.165, 1.54) is 0 Å². The van der Waals surface area contributed by atoms with Gasteiger partial charge in [0.05, 0.1) is 12.7 Å². The van der Waals surface area contributed by atoms with Crippen molar-refractivity contribution in [1.29, 1.82) is 0 Å². The molecular weight excluding hydrogens is 148 g/mol. The standard InChI is InChI=1S/C7H14O2S/c1-5(10)6-4-8-7(2,3)9-6/h5-6,10H,4H2,1-3H3. The average Bonchev–Trinajstić information content (AvgIpc) is 2.10. The van der Waals surface area contributed by atoms with Crippen LogP contribution in [0.5, 0.6) is 0 Å². The van der Waals surface area contributed by atoms with Crippen molar-refractivity contribution in [3.63, 3.8) is 0 Å². The molecule has 0 aromatic rings. The number of hydrogen-bond acceptors (Lipinski definition) is 3. The van der Waals surface area contributed by atoms with Crippen LogP contribution in [0.1, 0.15) is 20.8 Å². The van der Waals surface area contributed by atoms with E-state index in [1.54, 1.807) is 0 Å². The summed E-state index contributed by atoms with van der Waals surface area (Å²) >= 11 is 4.27. The summed E-state index contributed by atoms with van der Waals surface area (Å²) in [6, 6.07) is 0. The van der Waals surface area contributed by atoms with Gasteiger partial charge in [-0.25, -0.2) is 0 Å². The molecule has 1 aliphatic heterocycles. The topological polar surface area (TPSA) is 18.5 Å². The number of hydrogen-bond donors (Lipinski definition) is 1. The van der Waals surface area contributed by atoms with E-state index in [4.69, 9.17) is 9.47 Å². The fraction of sp³-hybridized carbons (Fsp3) is 1.00. The van der Waals surface area contributed by atoms with E-state index < -0.39 is 5.79 Å². The van der Waals surface area contributed by atoms with Crippen LogP contribution in [0.3, 0.4) is 0 Å². The third-order valence-electron chi connectivity index (χ3n) is 1.57. The van der Waals surface area contributed by atoms with E-state index in [2.05, 4.69) is 12.6 Å². The highest BCUT2D eigenvalue weighted by Crippen LogP contribution is 2.25. The first-order valence-electron chi connectivity index (χ1n) is 3.51. The molecule has 2 unspecified atom stereocenters. The van der Waals surface area contributed by atoms with Crippen LogP contribution >= 0.6 is 12.6 Å². The smallest absolute Gasteiger partial charge is 0.163 e. The van der Waals surface area contributed by atoms with Crippen molar-refractivity contribution >= 4 is 12.6 Å². The van der Waals surface area contributed by atoms with Crippen molar-refractivity contribution in [3.8, 4) is 0 Å². The Kier molecular flexibility index (Phi) is 2.28. The summed E-state index contributed by atoms with van der Waals surface area (Å²) in [7, 11) is 0. The maximum absolute atomic E-state index is 5.51. The summed E-state index contributed by atoms with van der Waals surface area (Å²) in [5, 5.41) is 0.252. The van der Waals surface area contributed by atoms with Gasteiger partial charge in [0.1, 0.15) is 0 Å². The SMILES string of the molecule is CC(S)C1COC(C)(C)O1. The van der Waals surface area contributed by atoms with Crippen LogP contribution in [0.25, 0.3) is 0 Å². The molecule has 1 fully saturated rings. The molecule has 0 aromatic heterocycles. The van der Waals surface area contributed by atoms with Crippen molar-refractivity contribution in [2.75, 3.05) is 6.61 Å². The first-order valence-corrected chi connectivity index (χ1v) is 4.03. The van der Waals surface area contributed by atoms with Gasteiger partial charge in [0.25, 0.3) is 0 Å². The Morgan fingerprint density at radius 2 is 2.20 bits per heavy atom. The lowest BCUT2D eigenvalue weighted by Crippen LogP contribution is -2.25. The summed E-state index contributed by atoms with van der Waals surface area (Å²) in [6.45, 7) is 6.52. The van der Waals surface area contributed by atoms with Gasteiger partial charge in [-0.3, -0.25) is 0 Å². The normalized spacial score (nSPS) is 34.2. The zero-order valence-electron chi connectivity index (χ0n) is 6.63. The van der Waals surface area contributed by atoms with E-state index in [-0.39, 0.29) is 11.4 Å². The van der Waals surface area contributed by atoms with Gasteiger partial charge >= 0.3 is 0 Å². The molecule has 1 rings (SSSR count). The molecule has 0 N–H and O–H groups in total. The van der Waals surface area contributed by atoms with Gasteiger partial charge in [0, 0.05) is 5.25 Å². The lowest BCUT2D eigenvalue weighted by atomic mass is 10.3. The van der Waals surface area contributed by atoms with Crippen molar-refractivity contribution in [1.82, 2.24) is 0 Å². The second-order valence-corrected chi connectivity index (χ2v) is 3.92. The fourth-order valence-corrected chi connectivity index (χ4v) is 1.10. The second-order valence-electron chi connectivity index (χ2n) is 3.11. The van der Waals surface area contributed by atoms with Gasteiger partial charge in [0.15, 0.2) is 5.79 Å². The predicted octanol–water partition coefficient (Wildman–Crippen LogP) is 1.46. The van der Waals surface area contributed by atoms with E-state index in [0.717, 1.165) is 0 Å². The molecule has 3 heteroatoms. The highest BCUT2D eigenvalue weighted by Gasteiger charge is 2.34. The molecule has 2 atom stereocenters. The lowest BCUT2D eigenvalue weighted by molar-refractivity contribution is -0.137. The predicted molar refractivity (Wildman–Crippen MR) is 43.4 cm³/mol. The number of thiol groups is 1. The summed E-state index contributed by atoms with van der Waals surface area (Å²) < 4.78 is 10.9. The molecule has 0 bridgehead atoms. The van der Waals surface area contributed by atoms with Gasteiger partial charge in [-0.05, 0) is 13.8 Å². The third kappa shape index (κ3) is 1.87. The minimum absolute atomic E-state index is 0.151. The number of ether oxygens (including phenoxy) is 2. The molecule has 60 valence electrons. The molecule has 0 spiro atoms. The molecule has 0 radical (unpaired) electrons. The largest absolute Gasteiger partial charge is 0.348 e. The van der Waals surface area contributed by atoms with Crippen LogP contribution in [0.15, 0.2) is 0 Å². The first kappa shape index (κ1) is 8.37. The molecule has 2 nitrogen and oxygen atoms in total. The highest BCUT2D eigenvalue weighted by atomic mass is 32.1. The van der Waals surface area contributed by atoms with Crippen LogP contribution in [-0.4, -0.2) is 23.7 Å². The van der Waals surface area contributed by atoms with E-state index in [0.29, 0.717) is 6.61 Å². The Hall–Kier alpha value is 0.270. The zero-order chi connectivity index (χ0) is 7.78. The van der Waals surface area contributed by atoms with Gasteiger partial charge in [-0.15, -0.1) is 0 Å². The molecule has 1 aliphatic rings. The maximum atomic E-state index is 5.51. The molecule has 1 saturated heterocycles. The monoisotopic (exact) mass is 162 g/mol. The van der Waals surface area contributed by atoms with E-state index >= 15 is 0 Å². The van der Waals surface area contributed by atoms with E-state index in [9.17, 15) is 0 Å². The van der Waals surface area contributed by atoms with Crippen molar-refractivity contribution in [3.05, 3.63) is 0 Å². The Morgan fingerprint density at radius 1 is 1.60 bits per heavy atom. The molecule has 0 saturated carbocycles. The van der Waals surface area contributed by atoms with Crippen molar-refractivity contribution in [2.24, 2.45) is 0 Å². The van der Waals surface area contributed by atoms with Gasteiger partial charge in [0.2, 0.25) is 0 Å². The Morgan fingerprint density at radius 3 is 2.40 bits per heavy atom. The average molecular weight is 162 g/mol. The Balaban J connectivity index is 2.43. The Bertz CT molecular complexity index is 123. The summed E-state index contributed by atoms with van der Waals surface area (Å²) in [6.07, 6.45) is 0.151. The van der Waals surface area contributed by atoms with E-state index in [1.807, 2.05) is 20.8 Å². The van der Waals surface area contributed by atoms with Crippen LogP contribution < -0.4 is 0 Å². The molecule has 1 heterocycles. The lowest BCUT2D eigenvalue weighted by Gasteiger charge is -2.18. The minimum Gasteiger partial charge on any atom is -0.348 e. The summed E-state index contributed by atoms with van der Waals surface area (Å²) in [4.78, 5) is 0. The molecular formula is C7H14O2S. The van der Waals surface area contributed by atoms with Crippen molar-refractivity contribution in [2.45, 2.75) is 37.9 Å². The molecule has 0 aliphatic carbocycles. The van der Waals surface area contributed by atoms with Gasteiger partial charge in [-0.1, -0.05) is 6.92 Å². The Labute approximate surface area is 67.3 Å². The number of rotatable bonds is 1. The van der Waals surface area contributed by atoms with Crippen LogP contribution in [0.2, 0.25) is 0 Å². The van der Waals surface area contributed by atoms with Crippen LogP contribution in [0.4, 0.5) is 0 Å². The first-order chi connectivity index (χ1) is 4.51. The highest BCUT2D eigenvalue weighted by molar-refractivity contribution is 7.81. The van der Waals surface area contributed by atoms with Gasteiger partial charge in [-0.2, -0.15) is 12.6 Å². The van der Waals surface area contributed by atoms with Crippen molar-refractivity contribution < 1.29 is 9.47 Å². The molecule has 0 amide bonds. The van der Waals surface area contributed by atoms with Gasteiger partial charge < -0.3 is 9.47 Å². The van der Waals surface area contributed by atoms with Crippen LogP contribution in [0, 0.1) is 0 Å². The molecule has 10 heavy (non-hydrogen) atoms. The fourth-order valence-electron chi connectivity index (χ4n) is 0.953. The van der Waals surface area contributed by atoms with Crippen LogP contribution in [-0.2, 0) is 9.47 Å². The quantitative estimate of drug-likeness (QED) is 0.588. The summed E-state index contributed by atoms with van der Waals surface area (Å²) in [5.41, 5.74) is 0. The maximum Gasteiger partial charge on any atom is 0.163 e. The third-order valence-corrected chi connectivity index (χ3v) is 1.90. The zero-order valence-corrected chi connectivity index (χ0v) is 7.52. The summed E-state index contributed by atoms with van der Waals surface area (Å²) in [5.74, 6) is -0.401. The second kappa shape index (κ2) is 2.72. The molecule has 0 aromatic carbocycles. The minimum atomic E-state index is -0.401.